The first-order valence-corrected chi connectivity index (χ1v) is 10.3. The number of aromatic amines is 1. The number of hydrogen-bond acceptors (Lipinski definition) is 5. The summed E-state index contributed by atoms with van der Waals surface area (Å²) < 4.78 is 13.6. The molecule has 1 atom stereocenters. The van der Waals surface area contributed by atoms with Crippen LogP contribution in [0, 0.1) is 11.2 Å². The summed E-state index contributed by atoms with van der Waals surface area (Å²) in [6, 6.07) is 12.2. The van der Waals surface area contributed by atoms with Gasteiger partial charge < -0.3 is 20.3 Å². The Hall–Kier alpha value is -3.52. The molecule has 0 spiro atoms. The van der Waals surface area contributed by atoms with E-state index >= 15 is 0 Å². The van der Waals surface area contributed by atoms with Crippen molar-refractivity contribution in [1.29, 1.82) is 5.41 Å². The summed E-state index contributed by atoms with van der Waals surface area (Å²) >= 11 is 0. The van der Waals surface area contributed by atoms with E-state index in [4.69, 9.17) is 10.5 Å². The molecule has 2 aromatic heterocycles. The second-order valence-corrected chi connectivity index (χ2v) is 7.37. The molecular weight excluding hydrogens is 395 g/mol. The number of nitrogens with one attached hydrogen (secondary N) is 3. The number of aliphatic hydroxyl groups is 1. The highest BCUT2D eigenvalue weighted by atomic mass is 19.1. The Morgan fingerprint density at radius 2 is 2.19 bits per heavy atom. The van der Waals surface area contributed by atoms with E-state index in [0.29, 0.717) is 24.0 Å². The van der Waals surface area contributed by atoms with E-state index in [0.717, 1.165) is 36.3 Å². The first kappa shape index (κ1) is 20.7. The molecule has 3 heterocycles. The van der Waals surface area contributed by atoms with Crippen molar-refractivity contribution in [2.45, 2.75) is 18.9 Å². The number of benzene rings is 1. The van der Waals surface area contributed by atoms with Gasteiger partial charge in [-0.3, -0.25) is 5.41 Å². The molecule has 0 aliphatic carbocycles. The third-order valence-electron chi connectivity index (χ3n) is 5.23. The molecule has 1 fully saturated rings. The van der Waals surface area contributed by atoms with Crippen LogP contribution in [0.25, 0.3) is 17.5 Å². The van der Waals surface area contributed by atoms with Crippen molar-refractivity contribution in [3.05, 3.63) is 71.9 Å². The van der Waals surface area contributed by atoms with Crippen molar-refractivity contribution in [2.75, 3.05) is 25.0 Å². The van der Waals surface area contributed by atoms with Gasteiger partial charge in [0.05, 0.1) is 30.2 Å². The van der Waals surface area contributed by atoms with Gasteiger partial charge in [-0.05, 0) is 54.8 Å². The second kappa shape index (κ2) is 9.53. The fourth-order valence-corrected chi connectivity index (χ4v) is 3.79. The molecule has 0 radical (unpaired) electrons. The van der Waals surface area contributed by atoms with Crippen molar-refractivity contribution in [3.8, 4) is 11.4 Å². The number of amidine groups is 1. The van der Waals surface area contributed by atoms with Gasteiger partial charge in [0.2, 0.25) is 0 Å². The zero-order valence-electron chi connectivity index (χ0n) is 17.1. The minimum atomic E-state index is -0.251. The predicted molar refractivity (Wildman–Crippen MR) is 119 cm³/mol. The van der Waals surface area contributed by atoms with Crippen molar-refractivity contribution in [3.63, 3.8) is 0 Å². The molecule has 1 aliphatic heterocycles. The quantitative estimate of drug-likeness (QED) is 0.344. The van der Waals surface area contributed by atoms with Gasteiger partial charge >= 0.3 is 0 Å². The van der Waals surface area contributed by atoms with E-state index in [2.05, 4.69) is 20.3 Å². The van der Waals surface area contributed by atoms with Crippen LogP contribution in [0.3, 0.4) is 0 Å². The van der Waals surface area contributed by atoms with Gasteiger partial charge in [0.25, 0.3) is 0 Å². The Labute approximate surface area is 180 Å². The lowest BCUT2D eigenvalue weighted by Gasteiger charge is -2.26. The normalized spacial score (nSPS) is 16.2. The Balaban J connectivity index is 1.44. The van der Waals surface area contributed by atoms with Crippen LogP contribution in [-0.2, 0) is 0 Å². The summed E-state index contributed by atoms with van der Waals surface area (Å²) in [6.07, 6.45) is 7.05. The largest absolute Gasteiger partial charge is 0.395 e. The molecule has 0 amide bonds. The Morgan fingerprint density at radius 1 is 1.32 bits per heavy atom. The summed E-state index contributed by atoms with van der Waals surface area (Å²) in [7, 11) is 0. The molecule has 1 unspecified atom stereocenters. The molecule has 3 aromatic rings. The standard InChI is InChI=1S/C23H25FN6O/c24-17-5-1-4-16(14-17)20-7-3-12-30(20)21(25)9-10-23-27-15-19(29-23)18-6-2-8-22(28-18)26-11-13-31/h1-2,4-6,8-10,14-15,20,25,31H,3,7,11-13H2,(H,26,28)(H,27,29). The molecule has 1 saturated heterocycles. The van der Waals surface area contributed by atoms with Crippen molar-refractivity contribution < 1.29 is 9.50 Å². The minimum Gasteiger partial charge on any atom is -0.395 e. The smallest absolute Gasteiger partial charge is 0.130 e. The first-order chi connectivity index (χ1) is 15.1. The highest BCUT2D eigenvalue weighted by Crippen LogP contribution is 2.32. The van der Waals surface area contributed by atoms with Gasteiger partial charge in [-0.25, -0.2) is 14.4 Å². The number of H-pyrrole nitrogens is 1. The van der Waals surface area contributed by atoms with Crippen LogP contribution in [0.4, 0.5) is 10.2 Å². The summed E-state index contributed by atoms with van der Waals surface area (Å²) in [5.74, 6) is 1.42. The summed E-state index contributed by atoms with van der Waals surface area (Å²) in [5, 5.41) is 20.5. The molecule has 4 N–H and O–H groups in total. The Kier molecular flexibility index (Phi) is 6.37. The number of pyridine rings is 1. The highest BCUT2D eigenvalue weighted by Gasteiger charge is 2.27. The molecule has 8 heteroatoms. The number of hydrogen-bond donors (Lipinski definition) is 4. The molecule has 4 rings (SSSR count). The average molecular weight is 420 g/mol. The third kappa shape index (κ3) is 4.97. The van der Waals surface area contributed by atoms with Crippen LogP contribution in [-0.4, -0.2) is 50.5 Å². The zero-order valence-corrected chi connectivity index (χ0v) is 17.1. The first-order valence-electron chi connectivity index (χ1n) is 10.3. The predicted octanol–water partition coefficient (Wildman–Crippen LogP) is 3.84. The van der Waals surface area contributed by atoms with Gasteiger partial charge in [-0.15, -0.1) is 0 Å². The monoisotopic (exact) mass is 420 g/mol. The number of nitrogens with zero attached hydrogens (tertiary/aromatic N) is 3. The molecule has 7 nitrogen and oxygen atoms in total. The van der Waals surface area contributed by atoms with E-state index in [9.17, 15) is 4.39 Å². The molecular formula is C23H25FN6O. The zero-order chi connectivity index (χ0) is 21.6. The number of aromatic nitrogens is 3. The van der Waals surface area contributed by atoms with Crippen LogP contribution in [0.15, 0.2) is 54.7 Å². The van der Waals surface area contributed by atoms with E-state index in [1.165, 1.54) is 6.07 Å². The lowest BCUT2D eigenvalue weighted by atomic mass is 10.0. The number of likely N-dealkylation sites (tertiary alicyclic amines) is 1. The maximum atomic E-state index is 13.6. The van der Waals surface area contributed by atoms with E-state index in [-0.39, 0.29) is 18.5 Å². The fraction of sp³-hybridized carbons (Fsp3) is 0.261. The number of aliphatic hydroxyl groups excluding tert-OH is 1. The molecule has 0 saturated carbocycles. The number of halogens is 1. The lowest BCUT2D eigenvalue weighted by molar-refractivity contribution is 0.311. The van der Waals surface area contributed by atoms with Crippen LogP contribution in [0.1, 0.15) is 30.3 Å². The van der Waals surface area contributed by atoms with Crippen LogP contribution < -0.4 is 5.32 Å². The van der Waals surface area contributed by atoms with Gasteiger partial charge in [-0.1, -0.05) is 18.2 Å². The van der Waals surface area contributed by atoms with Crippen molar-refractivity contribution >= 4 is 17.7 Å². The fourth-order valence-electron chi connectivity index (χ4n) is 3.79. The molecule has 1 aliphatic rings. The van der Waals surface area contributed by atoms with Crippen molar-refractivity contribution in [2.24, 2.45) is 0 Å². The topological polar surface area (TPSA) is 101 Å². The van der Waals surface area contributed by atoms with Gasteiger partial charge in [0.1, 0.15) is 23.3 Å². The average Bonchev–Trinajstić information content (AvgIpc) is 3.46. The third-order valence-corrected chi connectivity index (χ3v) is 5.23. The van der Waals surface area contributed by atoms with Crippen molar-refractivity contribution in [1.82, 2.24) is 19.9 Å². The maximum absolute atomic E-state index is 13.6. The molecule has 160 valence electrons. The van der Waals surface area contributed by atoms with Crippen LogP contribution in [0.5, 0.6) is 0 Å². The maximum Gasteiger partial charge on any atom is 0.130 e. The Bertz CT molecular complexity index is 1080. The summed E-state index contributed by atoms with van der Waals surface area (Å²) in [5.41, 5.74) is 2.39. The van der Waals surface area contributed by atoms with Gasteiger partial charge in [0, 0.05) is 13.1 Å². The lowest BCUT2D eigenvalue weighted by Crippen LogP contribution is -2.28. The van der Waals surface area contributed by atoms with E-state index in [1.807, 2.05) is 29.2 Å². The van der Waals surface area contributed by atoms with E-state index in [1.54, 1.807) is 30.5 Å². The van der Waals surface area contributed by atoms with Crippen LogP contribution >= 0.6 is 0 Å². The molecule has 1 aromatic carbocycles. The van der Waals surface area contributed by atoms with Crippen LogP contribution in [0.2, 0.25) is 0 Å². The van der Waals surface area contributed by atoms with Gasteiger partial charge in [0.15, 0.2) is 0 Å². The highest BCUT2D eigenvalue weighted by molar-refractivity contribution is 5.94. The number of anilines is 1. The molecule has 0 bridgehead atoms. The summed E-state index contributed by atoms with van der Waals surface area (Å²) in [4.78, 5) is 14.1. The SMILES string of the molecule is N=C(C=Cc1ncc(-c2cccc(NCCO)n2)[nH]1)N1CCCC1c1cccc(F)c1. The van der Waals surface area contributed by atoms with Gasteiger partial charge in [-0.2, -0.15) is 0 Å². The second-order valence-electron chi connectivity index (χ2n) is 7.37. The van der Waals surface area contributed by atoms with E-state index < -0.39 is 0 Å². The Morgan fingerprint density at radius 3 is 3.03 bits per heavy atom. The molecule has 31 heavy (non-hydrogen) atoms. The summed E-state index contributed by atoms with van der Waals surface area (Å²) in [6.45, 7) is 1.24. The number of imidazole rings is 1. The minimum absolute atomic E-state index is 0.0124. The number of rotatable bonds is 7.